The Bertz CT molecular complexity index is 511. The Morgan fingerprint density at radius 2 is 1.88 bits per heavy atom. The van der Waals surface area contributed by atoms with Crippen molar-refractivity contribution >= 4 is 10.9 Å². The van der Waals surface area contributed by atoms with Crippen molar-refractivity contribution in [2.45, 2.75) is 6.54 Å². The minimum atomic E-state index is 0.911. The smallest absolute Gasteiger partial charge is 0.0457 e. The van der Waals surface area contributed by atoms with E-state index in [9.17, 15) is 0 Å². The van der Waals surface area contributed by atoms with Crippen molar-refractivity contribution in [3.05, 3.63) is 48.4 Å². The lowest BCUT2D eigenvalue weighted by molar-refractivity contribution is 0.436. The van der Waals surface area contributed by atoms with E-state index < -0.39 is 0 Å². The molecular weight excluding hydrogens is 210 g/mol. The number of fused-ring (bicyclic) bond motifs is 1. The van der Waals surface area contributed by atoms with Crippen LogP contribution in [-0.4, -0.2) is 35.9 Å². The summed E-state index contributed by atoms with van der Waals surface area (Å²) in [7, 11) is 6.13. The van der Waals surface area contributed by atoms with Crippen molar-refractivity contribution in [2.75, 3.05) is 21.1 Å². The van der Waals surface area contributed by atoms with Crippen LogP contribution < -0.4 is 0 Å². The van der Waals surface area contributed by atoms with Crippen LogP contribution in [0.15, 0.2) is 42.9 Å². The molecule has 0 saturated heterocycles. The fourth-order valence-corrected chi connectivity index (χ4v) is 1.83. The third-order valence-electron chi connectivity index (χ3n) is 2.71. The van der Waals surface area contributed by atoms with Crippen LogP contribution in [-0.2, 0) is 6.54 Å². The lowest BCUT2D eigenvalue weighted by Crippen LogP contribution is -2.12. The quantitative estimate of drug-likeness (QED) is 0.870. The number of hydrogen-bond donors (Lipinski definition) is 1. The molecule has 1 N–H and O–H groups in total. The topological polar surface area (TPSA) is 22.3 Å². The fourth-order valence-electron chi connectivity index (χ4n) is 1.83. The van der Waals surface area contributed by atoms with Gasteiger partial charge in [0.05, 0.1) is 0 Å². The molecule has 0 aliphatic rings. The molecule has 0 saturated carbocycles. The number of benzene rings is 1. The molecule has 0 aliphatic carbocycles. The van der Waals surface area contributed by atoms with Gasteiger partial charge >= 0.3 is 0 Å². The highest BCUT2D eigenvalue weighted by molar-refractivity contribution is 5.82. The zero-order chi connectivity index (χ0) is 12.3. The van der Waals surface area contributed by atoms with Gasteiger partial charge in [0.25, 0.3) is 0 Å². The van der Waals surface area contributed by atoms with E-state index in [2.05, 4.69) is 59.8 Å². The van der Waals surface area contributed by atoms with Crippen LogP contribution >= 0.6 is 0 Å². The van der Waals surface area contributed by atoms with Crippen LogP contribution in [0.3, 0.4) is 0 Å². The van der Waals surface area contributed by atoms with Crippen molar-refractivity contribution in [1.82, 2.24) is 14.8 Å². The predicted molar refractivity (Wildman–Crippen MR) is 72.6 cm³/mol. The number of hydrogen-bond acceptors (Lipinski definition) is 2. The molecule has 0 aliphatic heterocycles. The van der Waals surface area contributed by atoms with Crippen LogP contribution in [0.1, 0.15) is 5.56 Å². The first-order valence-electron chi connectivity index (χ1n) is 5.77. The molecular formula is C14H19N3. The average Bonchev–Trinajstić information content (AvgIpc) is 2.70. The summed E-state index contributed by atoms with van der Waals surface area (Å²) >= 11 is 0. The molecule has 17 heavy (non-hydrogen) atoms. The summed E-state index contributed by atoms with van der Waals surface area (Å²) in [5.41, 5.74) is 2.53. The maximum atomic E-state index is 3.30. The molecule has 0 atom stereocenters. The number of para-hydroxylation sites is 1. The van der Waals surface area contributed by atoms with Gasteiger partial charge in [-0.15, -0.1) is 0 Å². The van der Waals surface area contributed by atoms with Crippen molar-refractivity contribution in [2.24, 2.45) is 0 Å². The van der Waals surface area contributed by atoms with Crippen molar-refractivity contribution < 1.29 is 0 Å². The maximum Gasteiger partial charge on any atom is 0.0457 e. The standard InChI is InChI=1S/C14H19N3/c1-16(2)8-9-17(3)11-12-10-15-14-7-5-4-6-13(12)14/h4-10,15H,11H2,1-3H3. The highest BCUT2D eigenvalue weighted by Gasteiger charge is 2.03. The Kier molecular flexibility index (Phi) is 3.38. The fraction of sp³-hybridized carbons (Fsp3) is 0.286. The number of H-pyrrole nitrogens is 1. The third kappa shape index (κ3) is 2.81. The van der Waals surface area contributed by atoms with E-state index in [1.165, 1.54) is 16.5 Å². The molecule has 0 unspecified atom stereocenters. The van der Waals surface area contributed by atoms with E-state index in [-0.39, 0.29) is 0 Å². The van der Waals surface area contributed by atoms with Gasteiger partial charge in [0.1, 0.15) is 0 Å². The van der Waals surface area contributed by atoms with Crippen molar-refractivity contribution in [3.8, 4) is 0 Å². The minimum absolute atomic E-state index is 0.911. The summed E-state index contributed by atoms with van der Waals surface area (Å²) in [6.45, 7) is 0.911. The summed E-state index contributed by atoms with van der Waals surface area (Å²) in [5.74, 6) is 0. The Morgan fingerprint density at radius 1 is 1.12 bits per heavy atom. The van der Waals surface area contributed by atoms with Gasteiger partial charge in [0.15, 0.2) is 0 Å². The molecule has 90 valence electrons. The van der Waals surface area contributed by atoms with Gasteiger partial charge < -0.3 is 14.8 Å². The van der Waals surface area contributed by atoms with Crippen LogP contribution in [0, 0.1) is 0 Å². The Morgan fingerprint density at radius 3 is 2.65 bits per heavy atom. The van der Waals surface area contributed by atoms with E-state index in [0.29, 0.717) is 0 Å². The number of nitrogens with one attached hydrogen (secondary N) is 1. The zero-order valence-electron chi connectivity index (χ0n) is 10.6. The van der Waals surface area contributed by atoms with Crippen LogP contribution in [0.2, 0.25) is 0 Å². The van der Waals surface area contributed by atoms with E-state index in [1.54, 1.807) is 0 Å². The second-order valence-corrected chi connectivity index (χ2v) is 4.54. The summed E-state index contributed by atoms with van der Waals surface area (Å²) in [6.07, 6.45) is 6.22. The number of aromatic nitrogens is 1. The van der Waals surface area contributed by atoms with E-state index in [1.807, 2.05) is 19.0 Å². The summed E-state index contributed by atoms with van der Waals surface area (Å²) in [6, 6.07) is 8.40. The average molecular weight is 229 g/mol. The molecule has 1 aromatic carbocycles. The molecule has 0 bridgehead atoms. The Balaban J connectivity index is 2.13. The van der Waals surface area contributed by atoms with Gasteiger partial charge in [-0.2, -0.15) is 0 Å². The summed E-state index contributed by atoms with van der Waals surface area (Å²) < 4.78 is 0. The highest BCUT2D eigenvalue weighted by atomic mass is 15.1. The molecule has 0 radical (unpaired) electrons. The van der Waals surface area contributed by atoms with Crippen molar-refractivity contribution in [3.63, 3.8) is 0 Å². The monoisotopic (exact) mass is 229 g/mol. The van der Waals surface area contributed by atoms with Gasteiger partial charge in [-0.1, -0.05) is 18.2 Å². The molecule has 0 amide bonds. The molecule has 0 fully saturated rings. The normalized spacial score (nSPS) is 11.2. The van der Waals surface area contributed by atoms with Gasteiger partial charge in [0.2, 0.25) is 0 Å². The SMILES string of the molecule is CN(C)C=CN(C)Cc1c[nH]c2ccccc12. The molecule has 1 heterocycles. The van der Waals surface area contributed by atoms with Crippen molar-refractivity contribution in [1.29, 1.82) is 0 Å². The van der Waals surface area contributed by atoms with Gasteiger partial charge in [-0.05, 0) is 11.6 Å². The van der Waals surface area contributed by atoms with Crippen LogP contribution in [0.4, 0.5) is 0 Å². The summed E-state index contributed by atoms with van der Waals surface area (Å²) in [5, 5.41) is 1.30. The minimum Gasteiger partial charge on any atom is -0.382 e. The van der Waals surface area contributed by atoms with Crippen LogP contribution in [0.25, 0.3) is 10.9 Å². The largest absolute Gasteiger partial charge is 0.382 e. The van der Waals surface area contributed by atoms with E-state index >= 15 is 0 Å². The molecule has 2 aromatic rings. The Hall–Kier alpha value is -1.90. The summed E-state index contributed by atoms with van der Waals surface area (Å²) in [4.78, 5) is 7.51. The van der Waals surface area contributed by atoms with Gasteiger partial charge in [-0.25, -0.2) is 0 Å². The van der Waals surface area contributed by atoms with E-state index in [0.717, 1.165) is 6.54 Å². The first kappa shape index (κ1) is 11.6. The first-order chi connectivity index (χ1) is 8.16. The number of aromatic amines is 1. The molecule has 3 heteroatoms. The molecule has 3 nitrogen and oxygen atoms in total. The third-order valence-corrected chi connectivity index (χ3v) is 2.71. The van der Waals surface area contributed by atoms with Gasteiger partial charge in [0, 0.05) is 57.2 Å². The second-order valence-electron chi connectivity index (χ2n) is 4.54. The number of rotatable bonds is 4. The van der Waals surface area contributed by atoms with Gasteiger partial charge in [-0.3, -0.25) is 0 Å². The molecule has 1 aromatic heterocycles. The highest BCUT2D eigenvalue weighted by Crippen LogP contribution is 2.18. The molecule has 0 spiro atoms. The second kappa shape index (κ2) is 4.95. The zero-order valence-corrected chi connectivity index (χ0v) is 10.6. The Labute approximate surface area is 102 Å². The predicted octanol–water partition coefficient (Wildman–Crippen LogP) is 2.63. The number of nitrogens with zero attached hydrogens (tertiary/aromatic N) is 2. The first-order valence-corrected chi connectivity index (χ1v) is 5.77. The molecule has 2 rings (SSSR count). The lowest BCUT2D eigenvalue weighted by Gasteiger charge is -2.14. The van der Waals surface area contributed by atoms with E-state index in [4.69, 9.17) is 0 Å². The maximum absolute atomic E-state index is 3.30. The van der Waals surface area contributed by atoms with Crippen LogP contribution in [0.5, 0.6) is 0 Å². The lowest BCUT2D eigenvalue weighted by atomic mass is 10.2.